The summed E-state index contributed by atoms with van der Waals surface area (Å²) < 4.78 is 22.6. The topological polar surface area (TPSA) is 92.3 Å². The van der Waals surface area contributed by atoms with E-state index in [1.807, 2.05) is 31.2 Å². The van der Waals surface area contributed by atoms with E-state index in [-0.39, 0.29) is 18.1 Å². The van der Waals surface area contributed by atoms with E-state index in [1.54, 1.807) is 0 Å². The van der Waals surface area contributed by atoms with Crippen molar-refractivity contribution >= 4 is 21.7 Å². The van der Waals surface area contributed by atoms with Crippen LogP contribution in [0.25, 0.3) is 0 Å². The Hall–Kier alpha value is -1.89. The van der Waals surface area contributed by atoms with Gasteiger partial charge in [0.15, 0.2) is 9.84 Å². The Balaban J connectivity index is 1.82. The molecule has 1 fully saturated rings. The van der Waals surface area contributed by atoms with Crippen LogP contribution in [0.4, 0.5) is 0 Å². The maximum absolute atomic E-state index is 11.7. The molecule has 21 heavy (non-hydrogen) atoms. The zero-order chi connectivity index (χ0) is 15.5. The molecule has 1 unspecified atom stereocenters. The zero-order valence-corrected chi connectivity index (χ0v) is 12.6. The molecular weight excluding hydrogens is 292 g/mol. The van der Waals surface area contributed by atoms with E-state index in [1.165, 1.54) is 0 Å². The number of hydrogen-bond donors (Lipinski definition) is 2. The molecule has 2 rings (SSSR count). The quantitative estimate of drug-likeness (QED) is 0.764. The maximum atomic E-state index is 11.7. The van der Waals surface area contributed by atoms with Crippen molar-refractivity contribution in [2.75, 3.05) is 11.5 Å². The first-order valence-corrected chi connectivity index (χ1v) is 8.52. The third kappa shape index (κ3) is 4.56. The van der Waals surface area contributed by atoms with Gasteiger partial charge in [-0.15, -0.1) is 0 Å². The van der Waals surface area contributed by atoms with E-state index in [2.05, 4.69) is 10.6 Å². The Labute approximate surface area is 123 Å². The van der Waals surface area contributed by atoms with Crippen molar-refractivity contribution in [1.82, 2.24) is 10.6 Å². The largest absolute Gasteiger partial charge is 0.344 e. The van der Waals surface area contributed by atoms with Crippen molar-refractivity contribution in [1.29, 1.82) is 0 Å². The third-order valence-electron chi connectivity index (χ3n) is 3.31. The van der Waals surface area contributed by atoms with Gasteiger partial charge in [-0.2, -0.15) is 0 Å². The van der Waals surface area contributed by atoms with Gasteiger partial charge < -0.3 is 10.6 Å². The smallest absolute Gasteiger partial charge is 0.309 e. The molecule has 0 spiro atoms. The number of benzene rings is 1. The highest BCUT2D eigenvalue weighted by Gasteiger charge is 2.30. The van der Waals surface area contributed by atoms with E-state index in [0.717, 1.165) is 11.1 Å². The monoisotopic (exact) mass is 310 g/mol. The van der Waals surface area contributed by atoms with Gasteiger partial charge in [-0.25, -0.2) is 8.42 Å². The Morgan fingerprint density at radius 1 is 1.29 bits per heavy atom. The molecule has 6 nitrogen and oxygen atoms in total. The van der Waals surface area contributed by atoms with E-state index in [4.69, 9.17) is 0 Å². The normalized spacial score (nSPS) is 20.0. The summed E-state index contributed by atoms with van der Waals surface area (Å²) in [6.07, 6.45) is 0.360. The standard InChI is InChI=1S/C14H18N2O4S/c1-10-3-2-4-11(7-10)8-15-13(17)14(18)16-12-5-6-21(19,20)9-12/h2-4,7,12H,5-6,8-9H2,1H3,(H,15,17)(H,16,18). The number of amides is 2. The number of carbonyl (C=O) groups is 2. The Morgan fingerprint density at radius 2 is 2.05 bits per heavy atom. The van der Waals surface area contributed by atoms with E-state index < -0.39 is 27.7 Å². The SMILES string of the molecule is Cc1cccc(CNC(=O)C(=O)NC2CCS(=O)(=O)C2)c1. The minimum atomic E-state index is -3.07. The number of hydrogen-bond acceptors (Lipinski definition) is 4. The fraction of sp³-hybridized carbons (Fsp3) is 0.429. The fourth-order valence-electron chi connectivity index (χ4n) is 2.24. The van der Waals surface area contributed by atoms with Crippen molar-refractivity contribution < 1.29 is 18.0 Å². The lowest BCUT2D eigenvalue weighted by Gasteiger charge is -2.11. The highest BCUT2D eigenvalue weighted by molar-refractivity contribution is 7.91. The molecule has 0 aliphatic carbocycles. The highest BCUT2D eigenvalue weighted by Crippen LogP contribution is 2.11. The van der Waals surface area contributed by atoms with Crippen molar-refractivity contribution in [2.45, 2.75) is 25.9 Å². The molecule has 1 heterocycles. The van der Waals surface area contributed by atoms with Crippen LogP contribution in [0.15, 0.2) is 24.3 Å². The summed E-state index contributed by atoms with van der Waals surface area (Å²) in [6, 6.07) is 7.13. The van der Waals surface area contributed by atoms with Crippen LogP contribution in [0.5, 0.6) is 0 Å². The molecule has 1 aliphatic heterocycles. The molecule has 2 N–H and O–H groups in total. The summed E-state index contributed by atoms with van der Waals surface area (Å²) in [5, 5.41) is 4.97. The molecule has 1 atom stereocenters. The lowest BCUT2D eigenvalue weighted by molar-refractivity contribution is -0.139. The maximum Gasteiger partial charge on any atom is 0.309 e. The van der Waals surface area contributed by atoms with Gasteiger partial charge in [0.25, 0.3) is 0 Å². The minimum absolute atomic E-state index is 0.0584. The summed E-state index contributed by atoms with van der Waals surface area (Å²) in [4.78, 5) is 23.4. The second-order valence-electron chi connectivity index (χ2n) is 5.25. The molecule has 1 aromatic rings. The molecule has 114 valence electrons. The van der Waals surface area contributed by atoms with Crippen LogP contribution in [0.1, 0.15) is 17.5 Å². The summed E-state index contributed by atoms with van der Waals surface area (Å²) >= 11 is 0. The molecule has 0 radical (unpaired) electrons. The Kier molecular flexibility index (Phi) is 4.62. The van der Waals surface area contributed by atoms with Gasteiger partial charge in [-0.3, -0.25) is 9.59 Å². The number of rotatable bonds is 3. The van der Waals surface area contributed by atoms with Gasteiger partial charge >= 0.3 is 11.8 Å². The van der Waals surface area contributed by atoms with Crippen LogP contribution >= 0.6 is 0 Å². The zero-order valence-electron chi connectivity index (χ0n) is 11.8. The number of carbonyl (C=O) groups excluding carboxylic acids is 2. The van der Waals surface area contributed by atoms with Crippen LogP contribution in [0.3, 0.4) is 0 Å². The van der Waals surface area contributed by atoms with Crippen molar-refractivity contribution in [2.24, 2.45) is 0 Å². The first-order chi connectivity index (χ1) is 9.85. The van der Waals surface area contributed by atoms with Crippen molar-refractivity contribution in [3.05, 3.63) is 35.4 Å². The predicted octanol–water partition coefficient (Wildman–Crippen LogP) is -0.0855. The molecule has 1 saturated heterocycles. The molecule has 7 heteroatoms. The first-order valence-electron chi connectivity index (χ1n) is 6.70. The first kappa shape index (κ1) is 15.5. The van der Waals surface area contributed by atoms with Gasteiger partial charge in [0.05, 0.1) is 11.5 Å². The summed E-state index contributed by atoms with van der Waals surface area (Å²) in [7, 11) is -3.07. The molecule has 0 saturated carbocycles. The lowest BCUT2D eigenvalue weighted by Crippen LogP contribution is -2.44. The van der Waals surface area contributed by atoms with Gasteiger partial charge in [-0.05, 0) is 18.9 Å². The van der Waals surface area contributed by atoms with E-state index in [0.29, 0.717) is 6.42 Å². The van der Waals surface area contributed by atoms with Crippen LogP contribution in [0.2, 0.25) is 0 Å². The summed E-state index contributed by atoms with van der Waals surface area (Å²) in [5.41, 5.74) is 1.97. The van der Waals surface area contributed by atoms with Crippen LogP contribution in [0, 0.1) is 6.92 Å². The summed E-state index contributed by atoms with van der Waals surface area (Å²) in [5.74, 6) is -1.57. The molecule has 0 aromatic heterocycles. The van der Waals surface area contributed by atoms with Crippen molar-refractivity contribution in [3.63, 3.8) is 0 Å². The number of sulfone groups is 1. The summed E-state index contributed by atoms with van der Waals surface area (Å²) in [6.45, 7) is 2.20. The Bertz CT molecular complexity index is 655. The van der Waals surface area contributed by atoms with Crippen LogP contribution in [-0.4, -0.2) is 37.8 Å². The second-order valence-corrected chi connectivity index (χ2v) is 7.47. The predicted molar refractivity (Wildman–Crippen MR) is 78.2 cm³/mol. The average molecular weight is 310 g/mol. The van der Waals surface area contributed by atoms with E-state index >= 15 is 0 Å². The van der Waals surface area contributed by atoms with Crippen LogP contribution in [-0.2, 0) is 26.0 Å². The second kappa shape index (κ2) is 6.26. The van der Waals surface area contributed by atoms with E-state index in [9.17, 15) is 18.0 Å². The molecule has 0 bridgehead atoms. The molecule has 1 aliphatic rings. The lowest BCUT2D eigenvalue weighted by atomic mass is 10.1. The number of nitrogens with one attached hydrogen (secondary N) is 2. The van der Waals surface area contributed by atoms with Crippen molar-refractivity contribution in [3.8, 4) is 0 Å². The molecular formula is C14H18N2O4S. The fourth-order valence-corrected chi connectivity index (χ4v) is 3.92. The minimum Gasteiger partial charge on any atom is -0.344 e. The molecule has 1 aromatic carbocycles. The van der Waals surface area contributed by atoms with Gasteiger partial charge in [0.2, 0.25) is 0 Å². The van der Waals surface area contributed by atoms with Gasteiger partial charge in [-0.1, -0.05) is 29.8 Å². The van der Waals surface area contributed by atoms with Crippen LogP contribution < -0.4 is 10.6 Å². The van der Waals surface area contributed by atoms with Gasteiger partial charge in [0, 0.05) is 12.6 Å². The molecule has 2 amide bonds. The van der Waals surface area contributed by atoms with Gasteiger partial charge in [0.1, 0.15) is 0 Å². The third-order valence-corrected chi connectivity index (χ3v) is 5.08. The highest BCUT2D eigenvalue weighted by atomic mass is 32.2. The Morgan fingerprint density at radius 3 is 2.67 bits per heavy atom. The average Bonchev–Trinajstić information content (AvgIpc) is 2.75. The number of aryl methyl sites for hydroxylation is 1.